The van der Waals surface area contributed by atoms with Crippen LogP contribution >= 0.6 is 0 Å². The van der Waals surface area contributed by atoms with Crippen LogP contribution in [0.15, 0.2) is 46.2 Å². The maximum Gasteiger partial charge on any atom is 0.273 e. The minimum absolute atomic E-state index is 0.0688. The molecule has 0 radical (unpaired) electrons. The molecule has 0 unspecified atom stereocenters. The number of nitrogens with zero attached hydrogens (tertiary/aromatic N) is 2. The third-order valence-electron chi connectivity index (χ3n) is 7.37. The first-order chi connectivity index (χ1) is 17.4. The molecule has 0 amide bonds. The fourth-order valence-corrected chi connectivity index (χ4v) is 11.1. The van der Waals surface area contributed by atoms with Crippen molar-refractivity contribution in [2.24, 2.45) is 0 Å². The Balaban J connectivity index is 2.83. The molecule has 0 aromatic heterocycles. The van der Waals surface area contributed by atoms with Crippen LogP contribution in [0.1, 0.15) is 41.5 Å². The fraction of sp³-hybridized carbons (Fsp3) is 0.500. The zero-order valence-corrected chi connectivity index (χ0v) is 25.1. The molecule has 0 saturated carbocycles. The number of hydrogen-bond acceptors (Lipinski definition) is 8. The molecule has 0 aliphatic carbocycles. The molecular weight excluding hydrogens is 533 g/mol. The van der Waals surface area contributed by atoms with E-state index in [1.807, 2.05) is 41.5 Å². The summed E-state index contributed by atoms with van der Waals surface area (Å²) < 4.78 is 40.9. The quantitative estimate of drug-likeness (QED) is 0.133. The van der Waals surface area contributed by atoms with Crippen molar-refractivity contribution in [3.63, 3.8) is 0 Å². The summed E-state index contributed by atoms with van der Waals surface area (Å²) in [6.45, 7) is 11.8. The molecule has 0 aliphatic rings. The Morgan fingerprint density at radius 3 is 1.19 bits per heavy atom. The highest BCUT2D eigenvalue weighted by atomic mass is 32.2. The molecule has 0 spiro atoms. The Morgan fingerprint density at radius 1 is 0.649 bits per heavy atom. The molecule has 10 nitrogen and oxygen atoms in total. The maximum atomic E-state index is 14.1. The lowest BCUT2D eigenvalue weighted by molar-refractivity contribution is -0.385. The number of nitro groups is 2. The lowest BCUT2D eigenvalue weighted by Crippen LogP contribution is -2.40. The summed E-state index contributed by atoms with van der Waals surface area (Å²) in [5.41, 5.74) is -0.565. The first kappa shape index (κ1) is 30.4. The van der Waals surface area contributed by atoms with Crippen molar-refractivity contribution in [1.29, 1.82) is 0 Å². The number of benzene rings is 2. The van der Waals surface area contributed by atoms with E-state index in [0.29, 0.717) is 36.3 Å². The van der Waals surface area contributed by atoms with Crippen LogP contribution in [0.2, 0.25) is 36.3 Å². The molecule has 0 fully saturated rings. The predicted molar refractivity (Wildman–Crippen MR) is 147 cm³/mol. The van der Waals surface area contributed by atoms with E-state index in [2.05, 4.69) is 0 Å². The molecular formula is C24H36N2O8SSi2. The molecule has 13 heteroatoms. The van der Waals surface area contributed by atoms with Crippen LogP contribution in [0, 0.1) is 20.2 Å². The third kappa shape index (κ3) is 6.39. The number of rotatable bonds is 14. The summed E-state index contributed by atoms with van der Waals surface area (Å²) in [6.07, 6.45) is 0. The summed E-state index contributed by atoms with van der Waals surface area (Å²) in [5.74, 6) is -0.138. The number of non-ortho nitro benzene ring substituents is 2. The van der Waals surface area contributed by atoms with Crippen LogP contribution in [0.3, 0.4) is 0 Å². The number of sulfone groups is 1. The second-order valence-electron chi connectivity index (χ2n) is 8.97. The van der Waals surface area contributed by atoms with Gasteiger partial charge in [0.1, 0.15) is 21.3 Å². The summed E-state index contributed by atoms with van der Waals surface area (Å²) >= 11 is 0. The second-order valence-corrected chi connectivity index (χ2v) is 20.2. The van der Waals surface area contributed by atoms with Gasteiger partial charge in [-0.1, -0.05) is 41.5 Å². The molecule has 0 saturated heterocycles. The molecule has 2 aromatic rings. The standard InChI is InChI=1S/C24H36N2O8SSi2/c1-7-36(8-2,9-3)33-21-17-19(25(27)28)13-15-23(21)35(31,32)24-16-14-20(26(29)30)18-22(24)34-37(10-4,11-5)12-6/h13-18H,7-12H2,1-6H3. The van der Waals surface area contributed by atoms with Gasteiger partial charge >= 0.3 is 0 Å². The zero-order valence-electron chi connectivity index (χ0n) is 22.3. The van der Waals surface area contributed by atoms with E-state index in [0.717, 1.165) is 24.3 Å². The predicted octanol–water partition coefficient (Wildman–Crippen LogP) is 7.10. The highest BCUT2D eigenvalue weighted by Gasteiger charge is 2.37. The summed E-state index contributed by atoms with van der Waals surface area (Å²) in [5, 5.41) is 23.0. The van der Waals surface area contributed by atoms with Gasteiger partial charge in [-0.25, -0.2) is 8.42 Å². The lowest BCUT2D eigenvalue weighted by Gasteiger charge is -2.31. The molecule has 0 heterocycles. The Morgan fingerprint density at radius 2 is 0.946 bits per heavy atom. The Kier molecular flexibility index (Phi) is 10.0. The van der Waals surface area contributed by atoms with Crippen molar-refractivity contribution < 1.29 is 27.1 Å². The molecule has 2 aromatic carbocycles. The van der Waals surface area contributed by atoms with Crippen molar-refractivity contribution in [3.05, 3.63) is 56.6 Å². The molecule has 0 atom stereocenters. The number of hydrogen-bond donors (Lipinski definition) is 0. The maximum absolute atomic E-state index is 14.1. The van der Waals surface area contributed by atoms with Gasteiger partial charge in [0.25, 0.3) is 28.0 Å². The van der Waals surface area contributed by atoms with Crippen LogP contribution in [0.4, 0.5) is 11.4 Å². The zero-order chi connectivity index (χ0) is 28.0. The van der Waals surface area contributed by atoms with Gasteiger partial charge in [0, 0.05) is 12.1 Å². The van der Waals surface area contributed by atoms with E-state index in [1.165, 1.54) is 12.1 Å². The van der Waals surface area contributed by atoms with Gasteiger partial charge in [-0.05, 0) is 48.4 Å². The van der Waals surface area contributed by atoms with Gasteiger partial charge in [-0.3, -0.25) is 20.2 Å². The van der Waals surface area contributed by atoms with Crippen LogP contribution in [0.5, 0.6) is 11.5 Å². The molecule has 37 heavy (non-hydrogen) atoms. The highest BCUT2D eigenvalue weighted by molar-refractivity contribution is 7.91. The van der Waals surface area contributed by atoms with E-state index in [-0.39, 0.29) is 32.7 Å². The van der Waals surface area contributed by atoms with Crippen molar-refractivity contribution >= 4 is 37.8 Å². The van der Waals surface area contributed by atoms with Gasteiger partial charge in [0.15, 0.2) is 0 Å². The van der Waals surface area contributed by atoms with Crippen molar-refractivity contribution in [1.82, 2.24) is 0 Å². The molecule has 204 valence electrons. The lowest BCUT2D eigenvalue weighted by atomic mass is 10.3. The van der Waals surface area contributed by atoms with E-state index < -0.39 is 36.3 Å². The Hall–Kier alpha value is -2.78. The van der Waals surface area contributed by atoms with Crippen LogP contribution < -0.4 is 8.85 Å². The van der Waals surface area contributed by atoms with E-state index in [9.17, 15) is 28.6 Å². The van der Waals surface area contributed by atoms with Crippen LogP contribution in [-0.2, 0) is 9.84 Å². The van der Waals surface area contributed by atoms with E-state index >= 15 is 0 Å². The highest BCUT2D eigenvalue weighted by Crippen LogP contribution is 2.41. The largest absolute Gasteiger partial charge is 0.542 e. The molecule has 2 rings (SSSR count). The van der Waals surface area contributed by atoms with E-state index in [4.69, 9.17) is 8.85 Å². The summed E-state index contributed by atoms with van der Waals surface area (Å²) in [6, 6.07) is 11.1. The smallest absolute Gasteiger partial charge is 0.273 e. The van der Waals surface area contributed by atoms with Crippen LogP contribution in [0.25, 0.3) is 0 Å². The average molecular weight is 569 g/mol. The summed E-state index contributed by atoms with van der Waals surface area (Å²) in [7, 11) is -9.17. The van der Waals surface area contributed by atoms with Gasteiger partial charge in [-0.15, -0.1) is 0 Å². The first-order valence-electron chi connectivity index (χ1n) is 12.6. The Labute approximate surface area is 220 Å². The monoisotopic (exact) mass is 568 g/mol. The second kappa shape index (κ2) is 12.2. The van der Waals surface area contributed by atoms with E-state index in [1.54, 1.807) is 0 Å². The van der Waals surface area contributed by atoms with Crippen molar-refractivity contribution in [2.75, 3.05) is 0 Å². The SMILES string of the molecule is CC[Si](CC)(CC)Oc1cc([N+](=O)[O-])ccc1S(=O)(=O)c1ccc([N+](=O)[O-])cc1O[Si](CC)(CC)CC. The molecule has 0 N–H and O–H groups in total. The normalized spacial score (nSPS) is 12.3. The third-order valence-corrected chi connectivity index (χ3v) is 18.2. The molecule has 0 bridgehead atoms. The van der Waals surface area contributed by atoms with Gasteiger partial charge < -0.3 is 8.85 Å². The minimum Gasteiger partial charge on any atom is -0.542 e. The first-order valence-corrected chi connectivity index (χ1v) is 19.1. The van der Waals surface area contributed by atoms with Crippen molar-refractivity contribution in [2.45, 2.75) is 87.6 Å². The van der Waals surface area contributed by atoms with Crippen LogP contribution in [-0.4, -0.2) is 34.9 Å². The average Bonchev–Trinajstić information content (AvgIpc) is 2.90. The Bertz CT molecular complexity index is 1140. The van der Waals surface area contributed by atoms with Gasteiger partial charge in [-0.2, -0.15) is 0 Å². The van der Waals surface area contributed by atoms with Gasteiger partial charge in [0.05, 0.1) is 22.0 Å². The van der Waals surface area contributed by atoms with Crippen molar-refractivity contribution in [3.8, 4) is 11.5 Å². The fourth-order valence-electron chi connectivity index (χ4n) is 4.34. The number of nitro benzene ring substituents is 2. The topological polar surface area (TPSA) is 139 Å². The summed E-state index contributed by atoms with van der Waals surface area (Å²) in [4.78, 5) is 21.4. The molecule has 0 aliphatic heterocycles. The van der Waals surface area contributed by atoms with Gasteiger partial charge in [0.2, 0.25) is 9.84 Å². The minimum atomic E-state index is -4.33.